The van der Waals surface area contributed by atoms with E-state index in [1.807, 2.05) is 13.0 Å². The average molecular weight is 378 g/mol. The number of aliphatic hydroxyl groups is 1. The Balaban J connectivity index is 2.41. The number of hydrazine groups is 1. The van der Waals surface area contributed by atoms with Crippen LogP contribution in [0.2, 0.25) is 0 Å². The zero-order valence-electron chi connectivity index (χ0n) is 14.6. The lowest BCUT2D eigenvalue weighted by molar-refractivity contribution is -0.172. The van der Waals surface area contributed by atoms with Gasteiger partial charge >= 0.3 is 5.97 Å². The summed E-state index contributed by atoms with van der Waals surface area (Å²) in [6, 6.07) is 7.81. The Morgan fingerprint density at radius 1 is 1.31 bits per heavy atom. The van der Waals surface area contributed by atoms with Crippen LogP contribution in [0.3, 0.4) is 0 Å². The Morgan fingerprint density at radius 3 is 2.50 bits per heavy atom. The third kappa shape index (κ3) is 4.44. The lowest BCUT2D eigenvalue weighted by Gasteiger charge is -2.41. The summed E-state index contributed by atoms with van der Waals surface area (Å²) in [5, 5.41) is 23.1. The number of hydrogen-bond donors (Lipinski definition) is 2. The number of thioether (sulfide) groups is 1. The number of carboxylic acid groups (broad SMARTS) is 1. The van der Waals surface area contributed by atoms with Gasteiger partial charge in [0.05, 0.1) is 11.3 Å². The summed E-state index contributed by atoms with van der Waals surface area (Å²) < 4.78 is 0. The Labute approximate surface area is 156 Å². The first kappa shape index (κ1) is 20.0. The van der Waals surface area contributed by atoms with E-state index < -0.39 is 24.0 Å². The molecule has 0 saturated carbocycles. The molecule has 2 unspecified atom stereocenters. The van der Waals surface area contributed by atoms with Gasteiger partial charge in [-0.05, 0) is 23.8 Å². The van der Waals surface area contributed by atoms with E-state index in [9.17, 15) is 24.6 Å². The smallest absolute Gasteiger partial charge is 0.334 e. The fraction of sp³-hybridized carbons (Fsp3) is 0.389. The zero-order chi connectivity index (χ0) is 19.3. The number of aliphatic carboxylic acids is 1. The summed E-state index contributed by atoms with van der Waals surface area (Å²) in [5.41, 5.74) is 0.749. The second-order valence-corrected chi connectivity index (χ2v) is 7.02. The van der Waals surface area contributed by atoms with Crippen LogP contribution in [0, 0.1) is 0 Å². The maximum Gasteiger partial charge on any atom is 0.334 e. The number of hydrogen-bond acceptors (Lipinski definition) is 5. The van der Waals surface area contributed by atoms with Crippen molar-refractivity contribution in [3.63, 3.8) is 0 Å². The van der Waals surface area contributed by atoms with Crippen LogP contribution in [-0.2, 0) is 20.8 Å². The second-order valence-electron chi connectivity index (χ2n) is 5.90. The first-order valence-corrected chi connectivity index (χ1v) is 9.20. The van der Waals surface area contributed by atoms with Crippen LogP contribution in [-0.4, -0.2) is 55.4 Å². The molecule has 0 aliphatic carbocycles. The van der Waals surface area contributed by atoms with Gasteiger partial charge in [0.1, 0.15) is 0 Å². The number of carbonyl (C=O) groups excluding carboxylic acids is 2. The Kier molecular flexibility index (Phi) is 6.82. The van der Waals surface area contributed by atoms with Crippen LogP contribution in [0.5, 0.6) is 0 Å². The summed E-state index contributed by atoms with van der Waals surface area (Å²) in [6.45, 7) is 3.11. The van der Waals surface area contributed by atoms with E-state index in [1.54, 1.807) is 29.7 Å². The molecule has 1 aliphatic rings. The highest BCUT2D eigenvalue weighted by atomic mass is 32.2. The molecule has 1 aromatic rings. The van der Waals surface area contributed by atoms with Crippen molar-refractivity contribution < 1.29 is 24.6 Å². The highest BCUT2D eigenvalue weighted by Gasteiger charge is 2.40. The van der Waals surface area contributed by atoms with Gasteiger partial charge in [0.15, 0.2) is 6.10 Å². The molecule has 0 bridgehead atoms. The van der Waals surface area contributed by atoms with Crippen molar-refractivity contribution in [3.8, 4) is 0 Å². The zero-order valence-corrected chi connectivity index (χ0v) is 15.4. The maximum atomic E-state index is 12.7. The molecule has 0 radical (unpaired) electrons. The van der Waals surface area contributed by atoms with Crippen LogP contribution in [0.4, 0.5) is 0 Å². The highest BCUT2D eigenvalue weighted by Crippen LogP contribution is 2.27. The molecule has 8 heteroatoms. The fourth-order valence-electron chi connectivity index (χ4n) is 2.81. The van der Waals surface area contributed by atoms with E-state index in [0.29, 0.717) is 6.42 Å². The number of rotatable bonds is 7. The van der Waals surface area contributed by atoms with E-state index in [4.69, 9.17) is 0 Å². The van der Waals surface area contributed by atoms with Gasteiger partial charge in [-0.2, -0.15) is 0 Å². The average Bonchev–Trinajstić information content (AvgIpc) is 2.62. The van der Waals surface area contributed by atoms with E-state index in [-0.39, 0.29) is 17.6 Å². The van der Waals surface area contributed by atoms with E-state index in [1.165, 1.54) is 24.9 Å². The third-order valence-corrected chi connectivity index (χ3v) is 5.23. The number of nitrogens with zero attached hydrogens (tertiary/aromatic N) is 2. The van der Waals surface area contributed by atoms with Gasteiger partial charge in [-0.3, -0.25) is 9.59 Å². The van der Waals surface area contributed by atoms with Gasteiger partial charge in [0.2, 0.25) is 5.91 Å². The van der Waals surface area contributed by atoms with Crippen LogP contribution >= 0.6 is 11.8 Å². The standard InChI is InChI=1S/C18H22N2O5S/c1-3-15-17(23)19(9-10-26-15)20(12(2)21)14(16(22)18(24)25)11-13-7-5-4-6-8-13/h4-10,14-16,22H,3,11H2,1-2H3,(H,24,25)/t14-,15?,16?/m0/s1. The van der Waals surface area contributed by atoms with Gasteiger partial charge in [-0.15, -0.1) is 11.8 Å². The molecule has 1 aliphatic heterocycles. The van der Waals surface area contributed by atoms with Gasteiger partial charge in [0.25, 0.3) is 5.91 Å². The largest absolute Gasteiger partial charge is 0.479 e. The predicted molar refractivity (Wildman–Crippen MR) is 97.8 cm³/mol. The van der Waals surface area contributed by atoms with Gasteiger partial charge in [-0.25, -0.2) is 14.8 Å². The summed E-state index contributed by atoms with van der Waals surface area (Å²) in [4.78, 5) is 36.4. The number of carbonyl (C=O) groups is 3. The summed E-state index contributed by atoms with van der Waals surface area (Å²) in [5.74, 6) is -2.29. The molecule has 0 saturated heterocycles. The minimum atomic E-state index is -1.84. The maximum absolute atomic E-state index is 12.7. The van der Waals surface area contributed by atoms with Crippen molar-refractivity contribution in [2.45, 2.75) is 44.1 Å². The molecular weight excluding hydrogens is 356 g/mol. The van der Waals surface area contributed by atoms with Crippen LogP contribution in [0.1, 0.15) is 25.8 Å². The van der Waals surface area contributed by atoms with Gasteiger partial charge in [-0.1, -0.05) is 37.3 Å². The Bertz CT molecular complexity index is 694. The lowest BCUT2D eigenvalue weighted by Crippen LogP contribution is -2.59. The molecular formula is C18H22N2O5S. The fourth-order valence-corrected chi connectivity index (χ4v) is 3.60. The Hall–Kier alpha value is -2.32. The van der Waals surface area contributed by atoms with Crippen LogP contribution in [0.25, 0.3) is 0 Å². The normalized spacial score (nSPS) is 19.1. The second kappa shape index (κ2) is 8.86. The quantitative estimate of drug-likeness (QED) is 0.748. The van der Waals surface area contributed by atoms with Gasteiger partial charge < -0.3 is 10.2 Å². The van der Waals surface area contributed by atoms with Crippen molar-refractivity contribution in [1.29, 1.82) is 0 Å². The van der Waals surface area contributed by atoms with Gasteiger partial charge in [0, 0.05) is 13.1 Å². The van der Waals surface area contributed by atoms with Crippen molar-refractivity contribution in [2.75, 3.05) is 0 Å². The summed E-state index contributed by atoms with van der Waals surface area (Å²) >= 11 is 1.35. The molecule has 1 heterocycles. The molecule has 26 heavy (non-hydrogen) atoms. The minimum absolute atomic E-state index is 0.0927. The first-order chi connectivity index (χ1) is 12.4. The van der Waals surface area contributed by atoms with Crippen LogP contribution < -0.4 is 0 Å². The van der Waals surface area contributed by atoms with Crippen LogP contribution in [0.15, 0.2) is 41.9 Å². The molecule has 3 atom stereocenters. The molecule has 1 aromatic carbocycles. The highest BCUT2D eigenvalue weighted by molar-refractivity contribution is 8.03. The van der Waals surface area contributed by atoms with Crippen molar-refractivity contribution in [3.05, 3.63) is 47.5 Å². The Morgan fingerprint density at radius 2 is 1.96 bits per heavy atom. The number of benzene rings is 1. The minimum Gasteiger partial charge on any atom is -0.479 e. The van der Waals surface area contributed by atoms with E-state index in [2.05, 4.69) is 0 Å². The SMILES string of the molecule is CCC1SC=CN(N(C(C)=O)[C@@H](Cc2ccccc2)C(O)C(=O)O)C1=O. The molecule has 0 spiro atoms. The van der Waals surface area contributed by atoms with E-state index >= 15 is 0 Å². The van der Waals surface area contributed by atoms with Crippen molar-refractivity contribution >= 4 is 29.5 Å². The predicted octanol–water partition coefficient (Wildman–Crippen LogP) is 1.63. The molecule has 0 aromatic heterocycles. The lowest BCUT2D eigenvalue weighted by atomic mass is 10.0. The first-order valence-electron chi connectivity index (χ1n) is 8.26. The molecule has 2 N–H and O–H groups in total. The number of carboxylic acids is 1. The third-order valence-electron chi connectivity index (χ3n) is 4.09. The molecule has 0 fully saturated rings. The molecule has 7 nitrogen and oxygen atoms in total. The summed E-state index contributed by atoms with van der Waals surface area (Å²) in [6.07, 6.45) is 0.263. The topological polar surface area (TPSA) is 98.2 Å². The van der Waals surface area contributed by atoms with Crippen molar-refractivity contribution in [2.24, 2.45) is 0 Å². The summed E-state index contributed by atoms with van der Waals surface area (Å²) in [7, 11) is 0. The monoisotopic (exact) mass is 378 g/mol. The molecule has 140 valence electrons. The number of amides is 2. The molecule has 2 rings (SSSR count). The number of aliphatic hydroxyl groups excluding tert-OH is 1. The molecule has 2 amide bonds. The van der Waals surface area contributed by atoms with Crippen molar-refractivity contribution in [1.82, 2.24) is 10.0 Å². The van der Waals surface area contributed by atoms with E-state index in [0.717, 1.165) is 15.6 Å².